The summed E-state index contributed by atoms with van der Waals surface area (Å²) < 4.78 is 10.9. The van der Waals surface area contributed by atoms with Crippen molar-refractivity contribution in [1.29, 1.82) is 0 Å². The fraction of sp³-hybridized carbons (Fsp3) is 0.706. The molecule has 0 radical (unpaired) electrons. The molecule has 24 heavy (non-hydrogen) atoms. The summed E-state index contributed by atoms with van der Waals surface area (Å²) in [5.74, 6) is 0.662. The van der Waals surface area contributed by atoms with Crippen molar-refractivity contribution in [3.05, 3.63) is 17.0 Å². The van der Waals surface area contributed by atoms with Crippen LogP contribution in [0.5, 0.6) is 0 Å². The molecule has 7 heteroatoms. The fourth-order valence-corrected chi connectivity index (χ4v) is 3.57. The van der Waals surface area contributed by atoms with Crippen LogP contribution < -0.4 is 0 Å². The number of amides is 2. The van der Waals surface area contributed by atoms with Crippen molar-refractivity contribution in [2.75, 3.05) is 26.7 Å². The van der Waals surface area contributed by atoms with E-state index in [-0.39, 0.29) is 36.5 Å². The summed E-state index contributed by atoms with van der Waals surface area (Å²) in [5, 5.41) is 4.05. The van der Waals surface area contributed by atoms with Crippen LogP contribution in [0.25, 0.3) is 0 Å². The van der Waals surface area contributed by atoms with Crippen molar-refractivity contribution in [3.63, 3.8) is 0 Å². The Labute approximate surface area is 141 Å². The number of carbonyl (C=O) groups is 2. The standard InChI is InChI=1S/C17H25N3O4/c1-10(2)16-15(11(3)24-18-16)17(22)20-7-5-12-13(6-8-20)23-9-14(21)19(12)4/h10,12-13H,5-9H2,1-4H3/t12-,13-/m0/s1. The molecule has 1 aromatic rings. The molecule has 2 fully saturated rings. The highest BCUT2D eigenvalue weighted by Crippen LogP contribution is 2.27. The number of nitrogens with zero attached hydrogens (tertiary/aromatic N) is 3. The first-order valence-corrected chi connectivity index (χ1v) is 8.52. The van der Waals surface area contributed by atoms with Gasteiger partial charge in [-0.05, 0) is 25.7 Å². The van der Waals surface area contributed by atoms with Gasteiger partial charge in [0.2, 0.25) is 5.91 Å². The van der Waals surface area contributed by atoms with E-state index < -0.39 is 0 Å². The molecule has 1 aromatic heterocycles. The van der Waals surface area contributed by atoms with Gasteiger partial charge in [0.15, 0.2) is 0 Å². The quantitative estimate of drug-likeness (QED) is 0.820. The highest BCUT2D eigenvalue weighted by atomic mass is 16.5. The van der Waals surface area contributed by atoms with Gasteiger partial charge in [-0.15, -0.1) is 0 Å². The molecule has 2 saturated heterocycles. The van der Waals surface area contributed by atoms with E-state index in [1.54, 1.807) is 11.8 Å². The number of carbonyl (C=O) groups excluding carboxylic acids is 2. The average Bonchev–Trinajstić information content (AvgIpc) is 2.80. The normalized spacial score (nSPS) is 25.0. The summed E-state index contributed by atoms with van der Waals surface area (Å²) in [5.41, 5.74) is 1.29. The van der Waals surface area contributed by atoms with Gasteiger partial charge in [-0.3, -0.25) is 9.59 Å². The van der Waals surface area contributed by atoms with Crippen molar-refractivity contribution in [2.24, 2.45) is 0 Å². The number of likely N-dealkylation sites (tertiary alicyclic amines) is 1. The summed E-state index contributed by atoms with van der Waals surface area (Å²) in [6, 6.07) is 0.0391. The van der Waals surface area contributed by atoms with Crippen molar-refractivity contribution in [2.45, 2.75) is 51.7 Å². The lowest BCUT2D eigenvalue weighted by Crippen LogP contribution is -2.52. The van der Waals surface area contributed by atoms with Gasteiger partial charge in [0.05, 0.1) is 17.8 Å². The summed E-state index contributed by atoms with van der Waals surface area (Å²) in [4.78, 5) is 28.5. The van der Waals surface area contributed by atoms with Crippen molar-refractivity contribution < 1.29 is 18.8 Å². The van der Waals surface area contributed by atoms with Crippen LogP contribution in [-0.4, -0.2) is 65.7 Å². The van der Waals surface area contributed by atoms with Crippen molar-refractivity contribution in [3.8, 4) is 0 Å². The maximum Gasteiger partial charge on any atom is 0.259 e. The third-order valence-corrected chi connectivity index (χ3v) is 5.06. The van der Waals surface area contributed by atoms with E-state index in [2.05, 4.69) is 5.16 Å². The van der Waals surface area contributed by atoms with E-state index in [4.69, 9.17) is 9.26 Å². The highest BCUT2D eigenvalue weighted by molar-refractivity contribution is 5.96. The number of aryl methyl sites for hydroxylation is 1. The van der Waals surface area contributed by atoms with Gasteiger partial charge in [0.1, 0.15) is 17.9 Å². The number of hydrogen-bond donors (Lipinski definition) is 0. The van der Waals surface area contributed by atoms with E-state index in [0.717, 1.165) is 12.8 Å². The first-order chi connectivity index (χ1) is 11.4. The number of likely N-dealkylation sites (N-methyl/N-ethyl adjacent to an activating group) is 1. The van der Waals surface area contributed by atoms with Crippen LogP contribution in [0.15, 0.2) is 4.52 Å². The number of fused-ring (bicyclic) bond motifs is 1. The molecule has 2 aliphatic heterocycles. The maximum atomic E-state index is 13.0. The van der Waals surface area contributed by atoms with Crippen molar-refractivity contribution in [1.82, 2.24) is 15.0 Å². The van der Waals surface area contributed by atoms with Gasteiger partial charge in [0, 0.05) is 20.1 Å². The summed E-state index contributed by atoms with van der Waals surface area (Å²) in [6.45, 7) is 7.12. The van der Waals surface area contributed by atoms with Crippen molar-refractivity contribution >= 4 is 11.8 Å². The Hall–Kier alpha value is -1.89. The lowest BCUT2D eigenvalue weighted by Gasteiger charge is -2.37. The Bertz CT molecular complexity index is 640. The van der Waals surface area contributed by atoms with E-state index >= 15 is 0 Å². The zero-order valence-electron chi connectivity index (χ0n) is 14.7. The maximum absolute atomic E-state index is 13.0. The smallest absolute Gasteiger partial charge is 0.259 e. The largest absolute Gasteiger partial charge is 0.366 e. The molecule has 3 heterocycles. The van der Waals surface area contributed by atoms with Crippen LogP contribution >= 0.6 is 0 Å². The predicted octanol–water partition coefficient (Wildman–Crippen LogP) is 1.57. The molecule has 2 atom stereocenters. The minimum atomic E-state index is -0.0370. The van der Waals surface area contributed by atoms with Gasteiger partial charge in [-0.25, -0.2) is 0 Å². The molecule has 0 saturated carbocycles. The number of hydrogen-bond acceptors (Lipinski definition) is 5. The van der Waals surface area contributed by atoms with E-state index in [1.165, 1.54) is 0 Å². The molecule has 0 spiro atoms. The molecule has 132 valence electrons. The van der Waals surface area contributed by atoms with Gasteiger partial charge >= 0.3 is 0 Å². The lowest BCUT2D eigenvalue weighted by molar-refractivity contribution is -0.154. The number of aromatic nitrogens is 1. The Morgan fingerprint density at radius 3 is 2.71 bits per heavy atom. The third kappa shape index (κ3) is 2.92. The number of ether oxygens (including phenoxy) is 1. The topological polar surface area (TPSA) is 75.9 Å². The number of rotatable bonds is 2. The molecular weight excluding hydrogens is 310 g/mol. The Balaban J connectivity index is 1.78. The molecule has 0 aliphatic carbocycles. The molecule has 2 amide bonds. The molecule has 0 unspecified atom stereocenters. The fourth-order valence-electron chi connectivity index (χ4n) is 3.57. The molecular formula is C17H25N3O4. The Morgan fingerprint density at radius 1 is 1.29 bits per heavy atom. The molecule has 0 N–H and O–H groups in total. The lowest BCUT2D eigenvalue weighted by atomic mass is 10.0. The summed E-state index contributed by atoms with van der Waals surface area (Å²) in [6.07, 6.45) is 1.45. The first kappa shape index (κ1) is 17.0. The van der Waals surface area contributed by atoms with Gasteiger partial charge in [0.25, 0.3) is 5.91 Å². The molecule has 7 nitrogen and oxygen atoms in total. The molecule has 2 aliphatic rings. The second kappa shape index (κ2) is 6.55. The zero-order chi connectivity index (χ0) is 17.4. The van der Waals surface area contributed by atoms with Crippen LogP contribution in [-0.2, 0) is 9.53 Å². The Morgan fingerprint density at radius 2 is 2.00 bits per heavy atom. The second-order valence-corrected chi connectivity index (χ2v) is 6.94. The summed E-state index contributed by atoms with van der Waals surface area (Å²) in [7, 11) is 1.82. The van der Waals surface area contributed by atoms with E-state index in [0.29, 0.717) is 30.1 Å². The highest BCUT2D eigenvalue weighted by Gasteiger charge is 2.38. The van der Waals surface area contributed by atoms with Crippen LogP contribution in [0.1, 0.15) is 54.4 Å². The van der Waals surface area contributed by atoms with Gasteiger partial charge < -0.3 is 19.1 Å². The number of morpholine rings is 1. The van der Waals surface area contributed by atoms with Crippen LogP contribution in [0.2, 0.25) is 0 Å². The second-order valence-electron chi connectivity index (χ2n) is 6.94. The van der Waals surface area contributed by atoms with Crippen LogP contribution in [0.3, 0.4) is 0 Å². The zero-order valence-corrected chi connectivity index (χ0v) is 14.7. The minimum Gasteiger partial charge on any atom is -0.366 e. The van der Waals surface area contributed by atoms with E-state index in [1.807, 2.05) is 25.8 Å². The molecule has 0 aromatic carbocycles. The molecule has 3 rings (SSSR count). The SMILES string of the molecule is Cc1onc(C(C)C)c1C(=O)N1CC[C@@H]2OCC(=O)N(C)[C@H]2CC1. The van der Waals surface area contributed by atoms with Crippen LogP contribution in [0, 0.1) is 6.92 Å². The van der Waals surface area contributed by atoms with E-state index in [9.17, 15) is 9.59 Å². The molecule has 0 bridgehead atoms. The van der Waals surface area contributed by atoms with Gasteiger partial charge in [-0.2, -0.15) is 0 Å². The predicted molar refractivity (Wildman–Crippen MR) is 86.8 cm³/mol. The monoisotopic (exact) mass is 335 g/mol. The Kier molecular flexibility index (Phi) is 4.62. The van der Waals surface area contributed by atoms with Gasteiger partial charge in [-0.1, -0.05) is 19.0 Å². The van der Waals surface area contributed by atoms with Crippen LogP contribution in [0.4, 0.5) is 0 Å². The third-order valence-electron chi connectivity index (χ3n) is 5.06. The first-order valence-electron chi connectivity index (χ1n) is 8.52. The average molecular weight is 335 g/mol. The summed E-state index contributed by atoms with van der Waals surface area (Å²) >= 11 is 0. The minimum absolute atomic E-state index is 0.00126.